The van der Waals surface area contributed by atoms with E-state index in [1.807, 2.05) is 6.92 Å². The molecule has 0 aromatic rings. The highest BCUT2D eigenvalue weighted by molar-refractivity contribution is 7.99. The van der Waals surface area contributed by atoms with Crippen molar-refractivity contribution in [3.63, 3.8) is 0 Å². The first-order valence-electron chi connectivity index (χ1n) is 3.36. The number of hydrogen-bond donors (Lipinski definition) is 0. The maximum atomic E-state index is 5.90. The third-order valence-corrected chi connectivity index (χ3v) is 3.22. The van der Waals surface area contributed by atoms with Crippen molar-refractivity contribution >= 4 is 51.3 Å². The molecule has 0 saturated heterocycles. The quantitative estimate of drug-likeness (QED) is 0.457. The second-order valence-electron chi connectivity index (χ2n) is 2.54. The number of aliphatic imine (C=N–C) groups is 2. The van der Waals surface area contributed by atoms with Gasteiger partial charge in [0.2, 0.25) is 5.29 Å². The van der Waals surface area contributed by atoms with Crippen molar-refractivity contribution in [2.45, 2.75) is 12.3 Å². The van der Waals surface area contributed by atoms with Crippen molar-refractivity contribution in [1.82, 2.24) is 0 Å². The zero-order chi connectivity index (χ0) is 8.72. The van der Waals surface area contributed by atoms with E-state index in [1.165, 1.54) is 11.9 Å². The molecular weight excluding hydrogens is 217 g/mol. The molecule has 2 aliphatic rings. The van der Waals surface area contributed by atoms with Gasteiger partial charge in [-0.15, -0.1) is 0 Å². The normalized spacial score (nSPS) is 33.8. The van der Waals surface area contributed by atoms with Crippen molar-refractivity contribution in [3.8, 4) is 0 Å². The molecule has 3 nitrogen and oxygen atoms in total. The van der Waals surface area contributed by atoms with Crippen LogP contribution in [0.2, 0.25) is 0 Å². The number of rotatable bonds is 0. The summed E-state index contributed by atoms with van der Waals surface area (Å²) in [6.45, 7) is 1.92. The predicted molar refractivity (Wildman–Crippen MR) is 54.6 cm³/mol. The summed E-state index contributed by atoms with van der Waals surface area (Å²) in [5.74, 6) is 0.0409. The molecule has 0 saturated carbocycles. The molecule has 2 unspecified atom stereocenters. The Kier molecular flexibility index (Phi) is 2.14. The van der Waals surface area contributed by atoms with E-state index in [9.17, 15) is 0 Å². The van der Waals surface area contributed by atoms with E-state index in [1.54, 1.807) is 0 Å². The van der Waals surface area contributed by atoms with E-state index >= 15 is 0 Å². The van der Waals surface area contributed by atoms with Crippen LogP contribution < -0.4 is 0 Å². The van der Waals surface area contributed by atoms with Crippen LogP contribution >= 0.6 is 35.1 Å². The van der Waals surface area contributed by atoms with E-state index in [0.29, 0.717) is 5.17 Å². The van der Waals surface area contributed by atoms with Gasteiger partial charge in [0.25, 0.3) is 0 Å². The summed E-state index contributed by atoms with van der Waals surface area (Å²) in [6.07, 6.45) is 0. The molecule has 0 spiro atoms. The molecule has 6 heteroatoms. The maximum Gasteiger partial charge on any atom is 0.220 e. The number of hydrogen-bond acceptors (Lipinski definition) is 4. The third-order valence-electron chi connectivity index (χ3n) is 1.73. The molecule has 2 rings (SSSR count). The Morgan fingerprint density at radius 1 is 1.42 bits per heavy atom. The molecule has 2 heterocycles. The van der Waals surface area contributed by atoms with Crippen LogP contribution in [0.25, 0.3) is 0 Å². The summed E-state index contributed by atoms with van der Waals surface area (Å²) in [6, 6.07) is 0. The minimum atomic E-state index is 0.00231. The summed E-state index contributed by atoms with van der Waals surface area (Å²) in [7, 11) is 0. The predicted octanol–water partition coefficient (Wildman–Crippen LogP) is 2.30. The van der Waals surface area contributed by atoms with E-state index < -0.39 is 0 Å². The fraction of sp³-hybridized carbons (Fsp3) is 0.500. The van der Waals surface area contributed by atoms with Crippen molar-refractivity contribution in [3.05, 3.63) is 0 Å². The highest BCUT2D eigenvalue weighted by Crippen LogP contribution is 2.35. The van der Waals surface area contributed by atoms with Crippen LogP contribution in [-0.4, -0.2) is 21.6 Å². The van der Waals surface area contributed by atoms with Crippen LogP contribution in [0, 0.1) is 5.92 Å². The lowest BCUT2D eigenvalue weighted by Crippen LogP contribution is -2.27. The van der Waals surface area contributed by atoms with Gasteiger partial charge in [-0.3, -0.25) is 0 Å². The van der Waals surface area contributed by atoms with Gasteiger partial charge in [0.05, 0.1) is 5.92 Å². The van der Waals surface area contributed by atoms with Gasteiger partial charge in [-0.2, -0.15) is 0 Å². The maximum absolute atomic E-state index is 5.90. The molecule has 0 bridgehead atoms. The molecule has 0 amide bonds. The Morgan fingerprint density at radius 3 is 2.92 bits per heavy atom. The smallest absolute Gasteiger partial charge is 0.220 e. The van der Waals surface area contributed by atoms with Gasteiger partial charge < -0.3 is 0 Å². The molecule has 2 aliphatic heterocycles. The topological polar surface area (TPSA) is 37.1 Å². The Hall–Kier alpha value is -0.0600. The molecule has 12 heavy (non-hydrogen) atoms. The van der Waals surface area contributed by atoms with E-state index in [-0.39, 0.29) is 16.6 Å². The zero-order valence-corrected chi connectivity index (χ0v) is 8.49. The van der Waals surface area contributed by atoms with Crippen LogP contribution in [0.15, 0.2) is 14.4 Å². The summed E-state index contributed by atoms with van der Waals surface area (Å²) >= 11 is 12.9. The lowest BCUT2D eigenvalue weighted by Gasteiger charge is -2.16. The molecule has 64 valence electrons. The van der Waals surface area contributed by atoms with Crippen molar-refractivity contribution < 1.29 is 0 Å². The third kappa shape index (κ3) is 1.28. The average molecular weight is 222 g/mol. The van der Waals surface area contributed by atoms with Crippen LogP contribution in [0.5, 0.6) is 0 Å². The number of amidine groups is 1. The zero-order valence-electron chi connectivity index (χ0n) is 6.16. The van der Waals surface area contributed by atoms with Gasteiger partial charge in [-0.05, 0) is 18.5 Å². The van der Waals surface area contributed by atoms with Gasteiger partial charge in [-0.1, -0.05) is 11.6 Å². The van der Waals surface area contributed by atoms with Crippen molar-refractivity contribution in [2.75, 3.05) is 0 Å². The van der Waals surface area contributed by atoms with Crippen LogP contribution in [-0.2, 0) is 0 Å². The van der Waals surface area contributed by atoms with E-state index in [0.717, 1.165) is 5.71 Å². The molecule has 0 fully saturated rings. The number of halogens is 2. The Labute approximate surface area is 84.1 Å². The van der Waals surface area contributed by atoms with E-state index in [4.69, 9.17) is 23.2 Å². The van der Waals surface area contributed by atoms with Gasteiger partial charge in [0, 0.05) is 17.7 Å². The first kappa shape index (κ1) is 8.53. The van der Waals surface area contributed by atoms with Crippen LogP contribution in [0.4, 0.5) is 0 Å². The molecule has 0 radical (unpaired) electrons. The SMILES string of the molecule is CC1=NSC2N=C(Cl)N=C(Cl)C12. The second-order valence-corrected chi connectivity index (χ2v) is 4.14. The van der Waals surface area contributed by atoms with Gasteiger partial charge in [0.1, 0.15) is 10.5 Å². The second kappa shape index (κ2) is 3.01. The largest absolute Gasteiger partial charge is 0.239 e. The first-order valence-corrected chi connectivity index (χ1v) is 4.95. The summed E-state index contributed by atoms with van der Waals surface area (Å²) < 4.78 is 4.17. The molecule has 0 aromatic heterocycles. The fourth-order valence-electron chi connectivity index (χ4n) is 1.14. The van der Waals surface area contributed by atoms with Gasteiger partial charge in [-0.25, -0.2) is 14.4 Å². The van der Waals surface area contributed by atoms with Crippen LogP contribution in [0.3, 0.4) is 0 Å². The van der Waals surface area contributed by atoms with Gasteiger partial charge >= 0.3 is 0 Å². The highest BCUT2D eigenvalue weighted by Gasteiger charge is 2.36. The standard InChI is InChI=1S/C6H5Cl2N3S/c1-2-3-4(7)9-6(8)10-5(3)12-11-2/h3,5H,1H3. The molecule has 0 aliphatic carbocycles. The molecular formula is C6H5Cl2N3S. The summed E-state index contributed by atoms with van der Waals surface area (Å²) in [4.78, 5) is 7.98. The minimum Gasteiger partial charge on any atom is -0.239 e. The Bertz CT molecular complexity index is 310. The van der Waals surface area contributed by atoms with Crippen molar-refractivity contribution in [2.24, 2.45) is 20.3 Å². The Balaban J connectivity index is 2.35. The van der Waals surface area contributed by atoms with Gasteiger partial charge in [0.15, 0.2) is 0 Å². The Morgan fingerprint density at radius 2 is 2.17 bits per heavy atom. The lowest BCUT2D eigenvalue weighted by atomic mass is 10.1. The summed E-state index contributed by atoms with van der Waals surface area (Å²) in [5.41, 5.74) is 0.965. The minimum absolute atomic E-state index is 0.00231. The fourth-order valence-corrected chi connectivity index (χ4v) is 2.85. The summed E-state index contributed by atoms with van der Waals surface area (Å²) in [5, 5.41) is 0.715. The highest BCUT2D eigenvalue weighted by atomic mass is 35.5. The molecule has 0 N–H and O–H groups in total. The molecule has 2 atom stereocenters. The van der Waals surface area contributed by atoms with Crippen LogP contribution in [0.1, 0.15) is 6.92 Å². The van der Waals surface area contributed by atoms with E-state index in [2.05, 4.69) is 14.4 Å². The molecule has 0 aromatic carbocycles. The number of nitrogens with zero attached hydrogens (tertiary/aromatic N) is 3. The first-order chi connectivity index (χ1) is 5.68. The number of fused-ring (bicyclic) bond motifs is 1. The lowest BCUT2D eigenvalue weighted by molar-refractivity contribution is 0.856. The average Bonchev–Trinajstić information content (AvgIpc) is 2.31. The van der Waals surface area contributed by atoms with Crippen molar-refractivity contribution in [1.29, 1.82) is 0 Å². The monoisotopic (exact) mass is 221 g/mol.